The van der Waals surface area contributed by atoms with Crippen molar-refractivity contribution in [3.8, 4) is 0 Å². The van der Waals surface area contributed by atoms with E-state index in [1.54, 1.807) is 12.4 Å². The molecule has 2 aromatic carbocycles. The van der Waals surface area contributed by atoms with Crippen molar-refractivity contribution >= 4 is 17.4 Å². The third-order valence-corrected chi connectivity index (χ3v) is 5.29. The van der Waals surface area contributed by atoms with Crippen LogP contribution in [-0.2, 0) is 18.4 Å². The molecule has 0 radical (unpaired) electrons. The maximum Gasteiger partial charge on any atom is 0.274 e. The summed E-state index contributed by atoms with van der Waals surface area (Å²) in [7, 11) is 0. The van der Waals surface area contributed by atoms with Crippen LogP contribution in [0.25, 0.3) is 0 Å². The predicted octanol–water partition coefficient (Wildman–Crippen LogP) is 4.72. The molecule has 1 amide bonds. The van der Waals surface area contributed by atoms with Gasteiger partial charge >= 0.3 is 0 Å². The largest absolute Gasteiger partial charge is 0.339 e. The molecule has 5 heteroatoms. The number of carbonyl (C=O) groups excluding carboxylic acids is 1. The minimum Gasteiger partial charge on any atom is -0.339 e. The quantitative estimate of drug-likeness (QED) is 0.708. The van der Waals surface area contributed by atoms with Crippen molar-refractivity contribution in [3.05, 3.63) is 83.3 Å². The number of carbonyl (C=O) groups is 1. The first-order valence-electron chi connectivity index (χ1n) is 9.96. The summed E-state index contributed by atoms with van der Waals surface area (Å²) >= 11 is 0. The van der Waals surface area contributed by atoms with Crippen molar-refractivity contribution in [2.45, 2.75) is 39.2 Å². The number of hydrogen-bond donors (Lipinski definition) is 1. The van der Waals surface area contributed by atoms with E-state index in [9.17, 15) is 4.79 Å². The summed E-state index contributed by atoms with van der Waals surface area (Å²) in [5.74, 6) is 0.552. The molecule has 0 aliphatic carbocycles. The number of para-hydroxylation sites is 1. The van der Waals surface area contributed by atoms with Crippen LogP contribution in [0.4, 0.5) is 11.5 Å². The lowest BCUT2D eigenvalue weighted by Crippen LogP contribution is -2.36. The second-order valence-electron chi connectivity index (χ2n) is 8.45. The fraction of sp³-hybridized carbons (Fsp3) is 0.292. The molecule has 2 heterocycles. The Labute approximate surface area is 171 Å². The Morgan fingerprint density at radius 1 is 0.966 bits per heavy atom. The Balaban J connectivity index is 1.48. The first kappa shape index (κ1) is 19.1. The van der Waals surface area contributed by atoms with Crippen molar-refractivity contribution in [2.24, 2.45) is 0 Å². The number of benzene rings is 2. The Kier molecular flexibility index (Phi) is 5.05. The molecular formula is C24H26N4O. The average molecular weight is 386 g/mol. The molecular weight excluding hydrogens is 360 g/mol. The summed E-state index contributed by atoms with van der Waals surface area (Å²) < 4.78 is 0. The molecule has 0 fully saturated rings. The second-order valence-corrected chi connectivity index (χ2v) is 8.45. The molecule has 0 bridgehead atoms. The van der Waals surface area contributed by atoms with Gasteiger partial charge in [-0.3, -0.25) is 4.79 Å². The monoisotopic (exact) mass is 386 g/mol. The van der Waals surface area contributed by atoms with Crippen LogP contribution in [0.5, 0.6) is 0 Å². The Morgan fingerprint density at radius 2 is 1.69 bits per heavy atom. The van der Waals surface area contributed by atoms with Crippen molar-refractivity contribution in [1.82, 2.24) is 14.9 Å². The van der Waals surface area contributed by atoms with E-state index in [0.717, 1.165) is 12.1 Å². The summed E-state index contributed by atoms with van der Waals surface area (Å²) in [5.41, 5.74) is 5.11. The minimum absolute atomic E-state index is 0.0114. The highest BCUT2D eigenvalue weighted by Crippen LogP contribution is 2.30. The van der Waals surface area contributed by atoms with Gasteiger partial charge in [-0.15, -0.1) is 0 Å². The number of nitrogens with one attached hydrogen (secondary N) is 1. The Morgan fingerprint density at radius 3 is 2.41 bits per heavy atom. The highest BCUT2D eigenvalue weighted by Gasteiger charge is 2.23. The molecule has 0 unspecified atom stereocenters. The molecule has 3 aromatic rings. The van der Waals surface area contributed by atoms with Crippen LogP contribution in [-0.4, -0.2) is 27.3 Å². The lowest BCUT2D eigenvalue weighted by atomic mass is 9.86. The van der Waals surface area contributed by atoms with Crippen LogP contribution in [0.15, 0.2) is 60.9 Å². The van der Waals surface area contributed by atoms with Gasteiger partial charge in [0.05, 0.1) is 12.4 Å². The van der Waals surface area contributed by atoms with Crippen molar-refractivity contribution in [1.29, 1.82) is 0 Å². The van der Waals surface area contributed by atoms with Gasteiger partial charge in [0.2, 0.25) is 0 Å². The molecule has 0 saturated carbocycles. The highest BCUT2D eigenvalue weighted by atomic mass is 16.2. The normalized spacial score (nSPS) is 13.7. The summed E-state index contributed by atoms with van der Waals surface area (Å²) in [6.07, 6.45) is 4.06. The van der Waals surface area contributed by atoms with Crippen LogP contribution >= 0.6 is 0 Å². The Bertz CT molecular complexity index is 1020. The summed E-state index contributed by atoms with van der Waals surface area (Å²) in [5, 5.41) is 3.34. The third kappa shape index (κ3) is 4.14. The lowest BCUT2D eigenvalue weighted by molar-refractivity contribution is 0.0728. The number of hydrogen-bond acceptors (Lipinski definition) is 4. The molecule has 1 aromatic heterocycles. The summed E-state index contributed by atoms with van der Waals surface area (Å²) in [6, 6.07) is 16.5. The second kappa shape index (κ2) is 7.66. The smallest absolute Gasteiger partial charge is 0.274 e. The Hall–Kier alpha value is -3.21. The van der Waals surface area contributed by atoms with Crippen LogP contribution in [0.2, 0.25) is 0 Å². The van der Waals surface area contributed by atoms with Crippen LogP contribution in [0.1, 0.15) is 48.0 Å². The van der Waals surface area contributed by atoms with E-state index < -0.39 is 0 Å². The number of anilines is 2. The topological polar surface area (TPSA) is 58.1 Å². The maximum absolute atomic E-state index is 12.9. The van der Waals surface area contributed by atoms with Gasteiger partial charge in [-0.2, -0.15) is 0 Å². The minimum atomic E-state index is -0.0753. The predicted molar refractivity (Wildman–Crippen MR) is 115 cm³/mol. The molecule has 1 aliphatic heterocycles. The fourth-order valence-electron chi connectivity index (χ4n) is 3.72. The zero-order valence-electron chi connectivity index (χ0n) is 17.1. The molecule has 1 N–H and O–H groups in total. The number of amides is 1. The van der Waals surface area contributed by atoms with Crippen LogP contribution in [0.3, 0.4) is 0 Å². The summed E-state index contributed by atoms with van der Waals surface area (Å²) in [4.78, 5) is 23.5. The van der Waals surface area contributed by atoms with Gasteiger partial charge in [0.15, 0.2) is 0 Å². The van der Waals surface area contributed by atoms with Crippen molar-refractivity contribution in [2.75, 3.05) is 11.9 Å². The standard InChI is InChI=1S/C24H26N4O/c1-24(2,3)19-10-6-7-11-20(19)27-22-15-25-21(14-26-22)23(29)28-13-12-17-8-4-5-9-18(17)16-28/h4-11,14-15H,12-13,16H2,1-3H3,(H,26,27). The lowest BCUT2D eigenvalue weighted by Gasteiger charge is -2.28. The van der Waals surface area contributed by atoms with Gasteiger partial charge in [-0.25, -0.2) is 9.97 Å². The van der Waals surface area contributed by atoms with E-state index in [-0.39, 0.29) is 11.3 Å². The zero-order chi connectivity index (χ0) is 20.4. The molecule has 0 atom stereocenters. The highest BCUT2D eigenvalue weighted by molar-refractivity contribution is 5.92. The van der Waals surface area contributed by atoms with Gasteiger partial charge in [0, 0.05) is 18.8 Å². The molecule has 148 valence electrons. The molecule has 5 nitrogen and oxygen atoms in total. The van der Waals surface area contributed by atoms with Crippen molar-refractivity contribution < 1.29 is 4.79 Å². The van der Waals surface area contributed by atoms with Crippen molar-refractivity contribution in [3.63, 3.8) is 0 Å². The van der Waals surface area contributed by atoms with Gasteiger partial charge in [0.1, 0.15) is 11.5 Å². The van der Waals surface area contributed by atoms with Gasteiger partial charge in [-0.1, -0.05) is 63.2 Å². The molecule has 0 spiro atoms. The van der Waals surface area contributed by atoms with Gasteiger partial charge in [0.25, 0.3) is 5.91 Å². The van der Waals surface area contributed by atoms with Gasteiger partial charge in [-0.05, 0) is 34.6 Å². The fourth-order valence-corrected chi connectivity index (χ4v) is 3.72. The van der Waals surface area contributed by atoms with E-state index >= 15 is 0 Å². The van der Waals surface area contributed by atoms with Crippen LogP contribution in [0, 0.1) is 0 Å². The maximum atomic E-state index is 12.9. The first-order chi connectivity index (χ1) is 13.9. The van der Waals surface area contributed by atoms with Gasteiger partial charge < -0.3 is 10.2 Å². The number of rotatable bonds is 3. The SMILES string of the molecule is CC(C)(C)c1ccccc1Nc1cnc(C(=O)N2CCc3ccccc3C2)cn1. The van der Waals surface area contributed by atoms with E-state index in [0.29, 0.717) is 24.6 Å². The first-order valence-corrected chi connectivity index (χ1v) is 9.96. The number of fused-ring (bicyclic) bond motifs is 1. The number of aromatic nitrogens is 2. The average Bonchev–Trinajstić information content (AvgIpc) is 2.73. The molecule has 29 heavy (non-hydrogen) atoms. The van der Waals surface area contributed by atoms with E-state index in [2.05, 4.69) is 54.3 Å². The number of nitrogens with zero attached hydrogens (tertiary/aromatic N) is 3. The zero-order valence-corrected chi connectivity index (χ0v) is 17.1. The van der Waals surface area contributed by atoms with E-state index in [1.165, 1.54) is 16.7 Å². The van der Waals surface area contributed by atoms with E-state index in [4.69, 9.17) is 0 Å². The molecule has 1 aliphatic rings. The molecule has 4 rings (SSSR count). The summed E-state index contributed by atoms with van der Waals surface area (Å²) in [6.45, 7) is 7.86. The molecule has 0 saturated heterocycles. The van der Waals surface area contributed by atoms with Crippen LogP contribution < -0.4 is 5.32 Å². The van der Waals surface area contributed by atoms with E-state index in [1.807, 2.05) is 35.2 Å². The third-order valence-electron chi connectivity index (χ3n) is 5.29.